The zero-order valence-corrected chi connectivity index (χ0v) is 13.0. The van der Waals surface area contributed by atoms with Gasteiger partial charge in [-0.05, 0) is 58.4 Å². The van der Waals surface area contributed by atoms with E-state index < -0.39 is 5.60 Å². The Labute approximate surface area is 122 Å². The van der Waals surface area contributed by atoms with Gasteiger partial charge < -0.3 is 9.64 Å². The second-order valence-electron chi connectivity index (χ2n) is 6.47. The fourth-order valence-corrected chi connectivity index (χ4v) is 2.40. The van der Waals surface area contributed by atoms with Gasteiger partial charge in [-0.2, -0.15) is 0 Å². The van der Waals surface area contributed by atoms with E-state index in [4.69, 9.17) is 4.74 Å². The van der Waals surface area contributed by atoms with Gasteiger partial charge in [0.05, 0.1) is 0 Å². The Morgan fingerprint density at radius 1 is 1.30 bits per heavy atom. The van der Waals surface area contributed by atoms with Crippen LogP contribution in [0, 0.1) is 5.92 Å². The molecule has 114 valence electrons. The number of allylic oxidation sites excluding steroid dienone is 1. The van der Waals surface area contributed by atoms with E-state index in [0.29, 0.717) is 12.3 Å². The van der Waals surface area contributed by atoms with E-state index in [1.54, 1.807) is 4.90 Å². The summed E-state index contributed by atoms with van der Waals surface area (Å²) in [5, 5.41) is 0. The number of rotatable bonds is 5. The highest BCUT2D eigenvalue weighted by molar-refractivity contribution is 5.88. The standard InChI is InChI=1S/C16H27NO3/c1-5-14(18)8-6-7-13-9-11-17(12-10-13)15(19)20-16(2,3)4/h5,13H,1,6-12H2,2-4H3. The summed E-state index contributed by atoms with van der Waals surface area (Å²) in [7, 11) is 0. The van der Waals surface area contributed by atoms with Gasteiger partial charge in [0.25, 0.3) is 0 Å². The number of amides is 1. The maximum atomic E-state index is 11.9. The van der Waals surface area contributed by atoms with E-state index in [1.807, 2.05) is 20.8 Å². The largest absolute Gasteiger partial charge is 0.444 e. The molecule has 1 rings (SSSR count). The van der Waals surface area contributed by atoms with Gasteiger partial charge in [-0.15, -0.1) is 0 Å². The Bertz CT molecular complexity index is 349. The minimum absolute atomic E-state index is 0.121. The number of carbonyl (C=O) groups excluding carboxylic acids is 2. The van der Waals surface area contributed by atoms with Crippen LogP contribution in [-0.2, 0) is 9.53 Å². The van der Waals surface area contributed by atoms with E-state index in [0.717, 1.165) is 38.8 Å². The minimum atomic E-state index is -0.432. The molecule has 4 heteroatoms. The first kappa shape index (κ1) is 16.7. The minimum Gasteiger partial charge on any atom is -0.444 e. The molecule has 0 aliphatic carbocycles. The van der Waals surface area contributed by atoms with Crippen LogP contribution in [0.1, 0.15) is 52.9 Å². The van der Waals surface area contributed by atoms with Gasteiger partial charge in [-0.3, -0.25) is 4.79 Å². The number of hydrogen-bond donors (Lipinski definition) is 0. The third-order valence-corrected chi connectivity index (χ3v) is 3.53. The zero-order chi connectivity index (χ0) is 15.2. The van der Waals surface area contributed by atoms with Gasteiger partial charge >= 0.3 is 6.09 Å². The molecule has 0 radical (unpaired) electrons. The molecule has 0 bridgehead atoms. The highest BCUT2D eigenvalue weighted by Gasteiger charge is 2.26. The van der Waals surface area contributed by atoms with E-state index in [2.05, 4.69) is 6.58 Å². The predicted octanol–water partition coefficient (Wildman–Crippen LogP) is 3.56. The van der Waals surface area contributed by atoms with Crippen molar-refractivity contribution in [3.05, 3.63) is 12.7 Å². The molecule has 0 spiro atoms. The molecule has 0 saturated carbocycles. The molecule has 0 unspecified atom stereocenters. The normalized spacial score (nSPS) is 16.9. The summed E-state index contributed by atoms with van der Waals surface area (Å²) in [6.07, 6.45) is 5.76. The Morgan fingerprint density at radius 3 is 2.40 bits per heavy atom. The molecular weight excluding hydrogens is 254 g/mol. The van der Waals surface area contributed by atoms with Gasteiger partial charge in [0.15, 0.2) is 5.78 Å². The molecule has 0 aromatic rings. The summed E-state index contributed by atoms with van der Waals surface area (Å²) in [5.74, 6) is 0.738. The smallest absolute Gasteiger partial charge is 0.410 e. The van der Waals surface area contributed by atoms with E-state index in [-0.39, 0.29) is 11.9 Å². The number of ketones is 1. The maximum Gasteiger partial charge on any atom is 0.410 e. The van der Waals surface area contributed by atoms with Crippen LogP contribution in [0.2, 0.25) is 0 Å². The number of likely N-dealkylation sites (tertiary alicyclic amines) is 1. The quantitative estimate of drug-likeness (QED) is 0.724. The average molecular weight is 281 g/mol. The third-order valence-electron chi connectivity index (χ3n) is 3.53. The molecular formula is C16H27NO3. The lowest BCUT2D eigenvalue weighted by molar-refractivity contribution is -0.114. The number of nitrogens with zero attached hydrogens (tertiary/aromatic N) is 1. The van der Waals surface area contributed by atoms with Crippen molar-refractivity contribution >= 4 is 11.9 Å². The van der Waals surface area contributed by atoms with Crippen LogP contribution in [0.15, 0.2) is 12.7 Å². The lowest BCUT2D eigenvalue weighted by Crippen LogP contribution is -2.41. The predicted molar refractivity (Wildman–Crippen MR) is 79.6 cm³/mol. The number of hydrogen-bond acceptors (Lipinski definition) is 3. The third kappa shape index (κ3) is 6.22. The van der Waals surface area contributed by atoms with Crippen LogP contribution < -0.4 is 0 Å². The molecule has 0 N–H and O–H groups in total. The van der Waals surface area contributed by atoms with Crippen LogP contribution in [0.25, 0.3) is 0 Å². The monoisotopic (exact) mass is 281 g/mol. The van der Waals surface area contributed by atoms with Crippen LogP contribution in [0.4, 0.5) is 4.79 Å². The molecule has 1 saturated heterocycles. The topological polar surface area (TPSA) is 46.6 Å². The van der Waals surface area contributed by atoms with Crippen molar-refractivity contribution < 1.29 is 14.3 Å². The lowest BCUT2D eigenvalue weighted by atomic mass is 9.91. The fraction of sp³-hybridized carbons (Fsp3) is 0.750. The first-order valence-electron chi connectivity index (χ1n) is 7.45. The van der Waals surface area contributed by atoms with Gasteiger partial charge in [0.2, 0.25) is 0 Å². The van der Waals surface area contributed by atoms with Crippen molar-refractivity contribution in [3.8, 4) is 0 Å². The number of carbonyl (C=O) groups is 2. The van der Waals surface area contributed by atoms with E-state index >= 15 is 0 Å². The Kier molecular flexibility index (Phi) is 6.24. The number of ether oxygens (including phenoxy) is 1. The van der Waals surface area contributed by atoms with Crippen molar-refractivity contribution in [2.75, 3.05) is 13.1 Å². The summed E-state index contributed by atoms with van der Waals surface area (Å²) in [6.45, 7) is 10.6. The molecule has 1 heterocycles. The molecule has 0 atom stereocenters. The van der Waals surface area contributed by atoms with Gasteiger partial charge in [0, 0.05) is 19.5 Å². The second kappa shape index (κ2) is 7.46. The van der Waals surface area contributed by atoms with Crippen molar-refractivity contribution in [2.45, 2.75) is 58.5 Å². The van der Waals surface area contributed by atoms with Gasteiger partial charge in [-0.1, -0.05) is 6.58 Å². The van der Waals surface area contributed by atoms with Crippen molar-refractivity contribution in [1.82, 2.24) is 4.90 Å². The summed E-state index contributed by atoms with van der Waals surface area (Å²) in [6, 6.07) is 0. The fourth-order valence-electron chi connectivity index (χ4n) is 2.40. The summed E-state index contributed by atoms with van der Waals surface area (Å²) in [4.78, 5) is 24.8. The maximum absolute atomic E-state index is 11.9. The second-order valence-corrected chi connectivity index (χ2v) is 6.47. The van der Waals surface area contributed by atoms with Crippen molar-refractivity contribution in [3.63, 3.8) is 0 Å². The summed E-state index contributed by atoms with van der Waals surface area (Å²) < 4.78 is 5.37. The molecule has 0 aromatic carbocycles. The molecule has 1 fully saturated rings. The zero-order valence-electron chi connectivity index (χ0n) is 13.0. The van der Waals surface area contributed by atoms with Crippen LogP contribution in [0.5, 0.6) is 0 Å². The molecule has 1 amide bonds. The van der Waals surface area contributed by atoms with Crippen molar-refractivity contribution in [1.29, 1.82) is 0 Å². The Balaban J connectivity index is 2.24. The van der Waals surface area contributed by atoms with E-state index in [1.165, 1.54) is 6.08 Å². The van der Waals surface area contributed by atoms with Crippen molar-refractivity contribution in [2.24, 2.45) is 5.92 Å². The highest BCUT2D eigenvalue weighted by Crippen LogP contribution is 2.24. The average Bonchev–Trinajstić information content (AvgIpc) is 2.37. The number of piperidine rings is 1. The summed E-state index contributed by atoms with van der Waals surface area (Å²) in [5.41, 5.74) is -0.432. The van der Waals surface area contributed by atoms with Crippen LogP contribution in [0.3, 0.4) is 0 Å². The molecule has 1 aliphatic rings. The summed E-state index contributed by atoms with van der Waals surface area (Å²) >= 11 is 0. The Morgan fingerprint density at radius 2 is 1.90 bits per heavy atom. The van der Waals surface area contributed by atoms with Gasteiger partial charge in [-0.25, -0.2) is 4.79 Å². The highest BCUT2D eigenvalue weighted by atomic mass is 16.6. The van der Waals surface area contributed by atoms with Crippen LogP contribution >= 0.6 is 0 Å². The lowest BCUT2D eigenvalue weighted by Gasteiger charge is -2.33. The van der Waals surface area contributed by atoms with Gasteiger partial charge in [0.1, 0.15) is 5.60 Å². The van der Waals surface area contributed by atoms with Crippen LogP contribution in [-0.4, -0.2) is 35.5 Å². The molecule has 4 nitrogen and oxygen atoms in total. The molecule has 1 aliphatic heterocycles. The SMILES string of the molecule is C=CC(=O)CCCC1CCN(C(=O)OC(C)(C)C)CC1. The first-order valence-corrected chi connectivity index (χ1v) is 7.45. The first-order chi connectivity index (χ1) is 9.31. The molecule has 0 aromatic heterocycles. The Hall–Kier alpha value is -1.32. The van der Waals surface area contributed by atoms with E-state index in [9.17, 15) is 9.59 Å². The molecule has 20 heavy (non-hydrogen) atoms.